The van der Waals surface area contributed by atoms with E-state index in [1.54, 1.807) is 36.4 Å². The van der Waals surface area contributed by atoms with Crippen molar-refractivity contribution in [3.05, 3.63) is 151 Å². The lowest BCUT2D eigenvalue weighted by molar-refractivity contribution is 0.592. The summed E-state index contributed by atoms with van der Waals surface area (Å²) in [7, 11) is -3.77. The minimum Gasteiger partial charge on any atom is -0.454 e. The second-order valence-corrected chi connectivity index (χ2v) is 13.7. The maximum atomic E-state index is 13.6. The molecule has 0 saturated heterocycles. The SMILES string of the molecule is CC1(C)c2ccccc2N(c2ccc(-c3cccc4c3oc3c(S(=O)(=O)c5ccccc5)cccc34)cc2)c2ccccc21. The molecule has 0 saturated carbocycles. The van der Waals surface area contributed by atoms with Crippen LogP contribution in [0.5, 0.6) is 0 Å². The Morgan fingerprint density at radius 2 is 1.14 bits per heavy atom. The van der Waals surface area contributed by atoms with Crippen LogP contribution in [-0.4, -0.2) is 8.42 Å². The highest BCUT2D eigenvalue weighted by Gasteiger charge is 2.36. The zero-order chi connectivity index (χ0) is 30.1. The first-order valence-corrected chi connectivity index (χ1v) is 16.2. The number of hydrogen-bond acceptors (Lipinski definition) is 4. The van der Waals surface area contributed by atoms with E-state index in [-0.39, 0.29) is 15.2 Å². The Bertz CT molecular complexity index is 2270. The smallest absolute Gasteiger partial charge is 0.210 e. The molecular weight excluding hydrogens is 563 g/mol. The molecule has 0 amide bonds. The largest absolute Gasteiger partial charge is 0.454 e. The van der Waals surface area contributed by atoms with Gasteiger partial charge in [-0.15, -0.1) is 0 Å². The van der Waals surface area contributed by atoms with E-state index in [0.29, 0.717) is 11.2 Å². The molecule has 8 rings (SSSR count). The van der Waals surface area contributed by atoms with Crippen LogP contribution in [0.4, 0.5) is 17.1 Å². The summed E-state index contributed by atoms with van der Waals surface area (Å²) in [5.74, 6) is 0. The molecule has 0 radical (unpaired) electrons. The molecule has 1 aromatic heterocycles. The summed E-state index contributed by atoms with van der Waals surface area (Å²) < 4.78 is 33.7. The van der Waals surface area contributed by atoms with Gasteiger partial charge in [0.05, 0.1) is 16.3 Å². The van der Waals surface area contributed by atoms with Gasteiger partial charge in [0, 0.05) is 27.4 Å². The van der Waals surface area contributed by atoms with Crippen molar-refractivity contribution in [3.8, 4) is 11.1 Å². The maximum absolute atomic E-state index is 13.6. The highest BCUT2D eigenvalue weighted by molar-refractivity contribution is 7.91. The van der Waals surface area contributed by atoms with E-state index >= 15 is 0 Å². The first kappa shape index (κ1) is 26.5. The summed E-state index contributed by atoms with van der Waals surface area (Å²) in [6.45, 7) is 4.57. The summed E-state index contributed by atoms with van der Waals surface area (Å²) in [6, 6.07) is 45.6. The number of sulfone groups is 1. The average Bonchev–Trinajstić information content (AvgIpc) is 3.45. The third-order valence-electron chi connectivity index (χ3n) is 8.90. The molecular formula is C39H29NO3S. The number of furan rings is 1. The lowest BCUT2D eigenvalue weighted by atomic mass is 9.73. The molecule has 2 heterocycles. The number of para-hydroxylation sites is 4. The van der Waals surface area contributed by atoms with Crippen LogP contribution in [0.25, 0.3) is 33.1 Å². The number of benzene rings is 6. The molecule has 4 nitrogen and oxygen atoms in total. The number of fused-ring (bicyclic) bond motifs is 5. The van der Waals surface area contributed by atoms with Crippen LogP contribution in [0.15, 0.2) is 154 Å². The van der Waals surface area contributed by atoms with Crippen molar-refractivity contribution in [2.24, 2.45) is 0 Å². The zero-order valence-electron chi connectivity index (χ0n) is 24.4. The molecule has 44 heavy (non-hydrogen) atoms. The molecule has 0 aliphatic carbocycles. The Labute approximate surface area is 256 Å². The summed E-state index contributed by atoms with van der Waals surface area (Å²) in [4.78, 5) is 2.75. The van der Waals surface area contributed by atoms with Crippen LogP contribution in [0.1, 0.15) is 25.0 Å². The van der Waals surface area contributed by atoms with Gasteiger partial charge in [-0.1, -0.05) is 111 Å². The molecule has 0 unspecified atom stereocenters. The van der Waals surface area contributed by atoms with Crippen molar-refractivity contribution in [2.45, 2.75) is 29.1 Å². The van der Waals surface area contributed by atoms with Gasteiger partial charge in [-0.25, -0.2) is 8.42 Å². The molecule has 5 heteroatoms. The fourth-order valence-corrected chi connectivity index (χ4v) is 8.12. The molecule has 0 bridgehead atoms. The van der Waals surface area contributed by atoms with Gasteiger partial charge in [0.25, 0.3) is 0 Å². The normalized spacial score (nSPS) is 14.0. The quantitative estimate of drug-likeness (QED) is 0.204. The molecule has 7 aromatic rings. The Morgan fingerprint density at radius 1 is 0.568 bits per heavy atom. The first-order chi connectivity index (χ1) is 21.4. The van der Waals surface area contributed by atoms with Crippen molar-refractivity contribution < 1.29 is 12.8 Å². The van der Waals surface area contributed by atoms with E-state index in [9.17, 15) is 8.42 Å². The van der Waals surface area contributed by atoms with Gasteiger partial charge in [0.15, 0.2) is 5.58 Å². The highest BCUT2D eigenvalue weighted by atomic mass is 32.2. The van der Waals surface area contributed by atoms with Crippen LogP contribution in [-0.2, 0) is 15.3 Å². The third-order valence-corrected chi connectivity index (χ3v) is 10.7. The second-order valence-electron chi connectivity index (χ2n) is 11.8. The predicted octanol–water partition coefficient (Wildman–Crippen LogP) is 10.2. The number of nitrogens with zero attached hydrogens (tertiary/aromatic N) is 1. The van der Waals surface area contributed by atoms with Crippen LogP contribution in [0.3, 0.4) is 0 Å². The van der Waals surface area contributed by atoms with Crippen LogP contribution < -0.4 is 4.90 Å². The van der Waals surface area contributed by atoms with E-state index in [1.165, 1.54) is 22.5 Å². The van der Waals surface area contributed by atoms with Crippen molar-refractivity contribution in [3.63, 3.8) is 0 Å². The van der Waals surface area contributed by atoms with Crippen LogP contribution >= 0.6 is 0 Å². The summed E-state index contributed by atoms with van der Waals surface area (Å²) in [5.41, 5.74) is 8.82. The molecule has 0 spiro atoms. The Balaban J connectivity index is 1.25. The lowest BCUT2D eigenvalue weighted by Crippen LogP contribution is -2.30. The van der Waals surface area contributed by atoms with Crippen molar-refractivity contribution in [1.82, 2.24) is 0 Å². The van der Waals surface area contributed by atoms with Gasteiger partial charge in [0.2, 0.25) is 9.84 Å². The summed E-state index contributed by atoms with van der Waals surface area (Å²) in [6.07, 6.45) is 0. The molecule has 0 N–H and O–H groups in total. The van der Waals surface area contributed by atoms with E-state index in [4.69, 9.17) is 4.42 Å². The minimum atomic E-state index is -3.77. The second kappa shape index (κ2) is 9.69. The minimum absolute atomic E-state index is 0.118. The fraction of sp³-hybridized carbons (Fsp3) is 0.0769. The van der Waals surface area contributed by atoms with E-state index < -0.39 is 9.84 Å². The fourth-order valence-electron chi connectivity index (χ4n) is 6.70. The van der Waals surface area contributed by atoms with Gasteiger partial charge < -0.3 is 9.32 Å². The molecule has 0 fully saturated rings. The summed E-state index contributed by atoms with van der Waals surface area (Å²) >= 11 is 0. The average molecular weight is 592 g/mol. The van der Waals surface area contributed by atoms with Crippen molar-refractivity contribution >= 4 is 48.8 Å². The first-order valence-electron chi connectivity index (χ1n) is 14.7. The zero-order valence-corrected chi connectivity index (χ0v) is 25.2. The number of anilines is 3. The molecule has 214 valence electrons. The van der Waals surface area contributed by atoms with Crippen LogP contribution in [0, 0.1) is 0 Å². The molecule has 6 aromatic carbocycles. The van der Waals surface area contributed by atoms with Crippen molar-refractivity contribution in [1.29, 1.82) is 0 Å². The molecule has 0 atom stereocenters. The van der Waals surface area contributed by atoms with E-state index in [2.05, 4.69) is 91.5 Å². The van der Waals surface area contributed by atoms with E-state index in [0.717, 1.165) is 27.6 Å². The number of hydrogen-bond donors (Lipinski definition) is 0. The van der Waals surface area contributed by atoms with Gasteiger partial charge in [-0.2, -0.15) is 0 Å². The Hall–Kier alpha value is -5.13. The third kappa shape index (κ3) is 3.86. The topological polar surface area (TPSA) is 50.5 Å². The van der Waals surface area contributed by atoms with Gasteiger partial charge >= 0.3 is 0 Å². The lowest BCUT2D eigenvalue weighted by Gasteiger charge is -2.42. The Kier molecular flexibility index (Phi) is 5.84. The molecule has 1 aliphatic rings. The highest BCUT2D eigenvalue weighted by Crippen LogP contribution is 2.51. The van der Waals surface area contributed by atoms with Crippen molar-refractivity contribution in [2.75, 3.05) is 4.90 Å². The summed E-state index contributed by atoms with van der Waals surface area (Å²) in [5, 5.41) is 1.66. The molecule has 1 aliphatic heterocycles. The monoisotopic (exact) mass is 591 g/mol. The standard InChI is InChI=1S/C39H29NO3S/c1-39(2)32-17-6-8-19-34(32)40(35-20-9-7-18-33(35)39)27-24-22-26(23-25-27)29-14-10-15-30-31-16-11-21-36(38(31)43-37(29)30)44(41,42)28-12-4-3-5-13-28/h3-25H,1-2H3. The number of rotatable bonds is 4. The van der Waals surface area contributed by atoms with Gasteiger partial charge in [0.1, 0.15) is 10.5 Å². The predicted molar refractivity (Wildman–Crippen MR) is 178 cm³/mol. The van der Waals surface area contributed by atoms with Gasteiger partial charge in [-0.3, -0.25) is 0 Å². The van der Waals surface area contributed by atoms with E-state index in [1.807, 2.05) is 30.3 Å². The van der Waals surface area contributed by atoms with Gasteiger partial charge in [-0.05, 0) is 59.2 Å². The maximum Gasteiger partial charge on any atom is 0.210 e. The Morgan fingerprint density at radius 3 is 1.80 bits per heavy atom. The van der Waals surface area contributed by atoms with Crippen LogP contribution in [0.2, 0.25) is 0 Å².